The SMILES string of the molecule is O=C(O)COc1ccc(Cl)cc1[C@@H]1c2cccc(F)c2CCN1OC(=O)OCc1ccccc1. The number of fused-ring (bicyclic) bond motifs is 1. The molecule has 0 amide bonds. The Labute approximate surface area is 200 Å². The first-order valence-corrected chi connectivity index (χ1v) is 10.9. The maximum atomic E-state index is 14.6. The van der Waals surface area contributed by atoms with Crippen LogP contribution >= 0.6 is 11.6 Å². The topological polar surface area (TPSA) is 85.3 Å². The number of benzene rings is 3. The highest BCUT2D eigenvalue weighted by molar-refractivity contribution is 6.30. The van der Waals surface area contributed by atoms with Crippen molar-refractivity contribution < 1.29 is 33.4 Å². The first-order chi connectivity index (χ1) is 16.4. The Morgan fingerprint density at radius 1 is 1.06 bits per heavy atom. The van der Waals surface area contributed by atoms with Crippen LogP contribution in [0.15, 0.2) is 66.7 Å². The zero-order valence-corrected chi connectivity index (χ0v) is 18.7. The van der Waals surface area contributed by atoms with Crippen LogP contribution in [0.3, 0.4) is 0 Å². The third-order valence-electron chi connectivity index (χ3n) is 5.33. The van der Waals surface area contributed by atoms with Gasteiger partial charge >= 0.3 is 12.1 Å². The molecular formula is C25H21ClFNO6. The standard InChI is InChI=1S/C25H21ClFNO6/c26-17-9-10-22(32-15-23(29)30)20(13-17)24-19-7-4-8-21(27)18(19)11-12-28(24)34-25(31)33-14-16-5-2-1-3-6-16/h1-10,13,24H,11-12,14-15H2,(H,29,30)/t24-/m0/s1. The van der Waals surface area contributed by atoms with Crippen molar-refractivity contribution in [3.8, 4) is 5.75 Å². The summed E-state index contributed by atoms with van der Waals surface area (Å²) in [7, 11) is 0. The van der Waals surface area contributed by atoms with Crippen LogP contribution in [-0.4, -0.2) is 35.4 Å². The third kappa shape index (κ3) is 5.47. The lowest BCUT2D eigenvalue weighted by atomic mass is 9.88. The highest BCUT2D eigenvalue weighted by Crippen LogP contribution is 2.41. The fourth-order valence-corrected chi connectivity index (χ4v) is 4.05. The van der Waals surface area contributed by atoms with Crippen LogP contribution < -0.4 is 4.74 Å². The number of hydrogen-bond acceptors (Lipinski definition) is 6. The number of carbonyl (C=O) groups is 2. The molecule has 3 aromatic rings. The number of carboxylic acid groups (broad SMARTS) is 1. The van der Waals surface area contributed by atoms with Crippen LogP contribution in [0.1, 0.15) is 28.3 Å². The number of nitrogens with zero attached hydrogens (tertiary/aromatic N) is 1. The molecule has 1 aliphatic heterocycles. The third-order valence-corrected chi connectivity index (χ3v) is 5.56. The Hall–Kier alpha value is -3.62. The Bertz CT molecular complexity index is 1190. The number of carboxylic acids is 1. The monoisotopic (exact) mass is 485 g/mol. The van der Waals surface area contributed by atoms with Crippen molar-refractivity contribution in [2.75, 3.05) is 13.2 Å². The number of aliphatic carboxylic acids is 1. The predicted octanol–water partition coefficient (Wildman–Crippen LogP) is 5.16. The normalized spacial score (nSPS) is 15.3. The summed E-state index contributed by atoms with van der Waals surface area (Å²) in [5.74, 6) is -1.32. The molecule has 1 N–H and O–H groups in total. The van der Waals surface area contributed by atoms with Gasteiger partial charge in [-0.25, -0.2) is 14.0 Å². The Morgan fingerprint density at radius 3 is 2.62 bits per heavy atom. The van der Waals surface area contributed by atoms with Crippen LogP contribution in [-0.2, 0) is 27.4 Å². The minimum Gasteiger partial charge on any atom is -0.482 e. The molecule has 0 saturated heterocycles. The lowest BCUT2D eigenvalue weighted by Crippen LogP contribution is -2.38. The van der Waals surface area contributed by atoms with Gasteiger partial charge in [-0.15, -0.1) is 5.06 Å². The maximum Gasteiger partial charge on any atom is 0.528 e. The van der Waals surface area contributed by atoms with Crippen LogP contribution in [0.5, 0.6) is 5.75 Å². The summed E-state index contributed by atoms with van der Waals surface area (Å²) >= 11 is 6.23. The van der Waals surface area contributed by atoms with E-state index in [4.69, 9.17) is 31.0 Å². The van der Waals surface area contributed by atoms with Crippen molar-refractivity contribution >= 4 is 23.7 Å². The van der Waals surface area contributed by atoms with Gasteiger partial charge in [-0.1, -0.05) is 54.1 Å². The molecule has 0 bridgehead atoms. The van der Waals surface area contributed by atoms with Crippen molar-refractivity contribution in [2.45, 2.75) is 19.1 Å². The molecule has 7 nitrogen and oxygen atoms in total. The van der Waals surface area contributed by atoms with Gasteiger partial charge < -0.3 is 19.4 Å². The van der Waals surface area contributed by atoms with Gasteiger partial charge in [-0.3, -0.25) is 0 Å². The molecule has 0 aliphatic carbocycles. The molecular weight excluding hydrogens is 465 g/mol. The van der Waals surface area contributed by atoms with Crippen molar-refractivity contribution in [3.05, 3.63) is 99.8 Å². The predicted molar refractivity (Wildman–Crippen MR) is 121 cm³/mol. The lowest BCUT2D eigenvalue weighted by Gasteiger charge is -2.36. The number of rotatable bonds is 7. The van der Waals surface area contributed by atoms with Crippen LogP contribution in [0.4, 0.5) is 9.18 Å². The van der Waals surface area contributed by atoms with Crippen LogP contribution in [0.2, 0.25) is 5.02 Å². The van der Waals surface area contributed by atoms with E-state index in [1.54, 1.807) is 24.3 Å². The quantitative estimate of drug-likeness (QED) is 0.463. The molecule has 0 fully saturated rings. The van der Waals surface area contributed by atoms with E-state index in [2.05, 4.69) is 0 Å². The molecule has 0 saturated carbocycles. The van der Waals surface area contributed by atoms with Crippen molar-refractivity contribution in [1.82, 2.24) is 5.06 Å². The molecule has 1 heterocycles. The van der Waals surface area contributed by atoms with Gasteiger partial charge in [0.2, 0.25) is 0 Å². The number of ether oxygens (including phenoxy) is 2. The molecule has 34 heavy (non-hydrogen) atoms. The first-order valence-electron chi connectivity index (χ1n) is 10.5. The molecule has 1 atom stereocenters. The number of hydroxylamine groups is 2. The lowest BCUT2D eigenvalue weighted by molar-refractivity contribution is -0.152. The summed E-state index contributed by atoms with van der Waals surface area (Å²) in [6.07, 6.45) is -0.639. The van der Waals surface area contributed by atoms with E-state index >= 15 is 0 Å². The zero-order chi connectivity index (χ0) is 24.1. The molecule has 4 rings (SSSR count). The molecule has 0 unspecified atom stereocenters. The minimum atomic E-state index is -1.16. The van der Waals surface area contributed by atoms with Gasteiger partial charge in [0.25, 0.3) is 0 Å². The molecule has 3 aromatic carbocycles. The first kappa shape index (κ1) is 23.5. The Balaban J connectivity index is 1.65. The van der Waals surface area contributed by atoms with Gasteiger partial charge in [0.05, 0.1) is 0 Å². The van der Waals surface area contributed by atoms with E-state index < -0.39 is 24.8 Å². The second kappa shape index (κ2) is 10.5. The summed E-state index contributed by atoms with van der Waals surface area (Å²) in [6, 6.07) is 17.6. The van der Waals surface area contributed by atoms with Crippen molar-refractivity contribution in [2.24, 2.45) is 0 Å². The number of halogens is 2. The van der Waals surface area contributed by atoms with Crippen LogP contribution in [0, 0.1) is 5.82 Å². The van der Waals surface area contributed by atoms with Gasteiger partial charge in [0.15, 0.2) is 6.61 Å². The van der Waals surface area contributed by atoms with Gasteiger partial charge in [0.1, 0.15) is 24.2 Å². The highest BCUT2D eigenvalue weighted by atomic mass is 35.5. The second-order valence-electron chi connectivity index (χ2n) is 7.58. The number of carbonyl (C=O) groups excluding carboxylic acids is 1. The molecule has 176 valence electrons. The Kier molecular flexibility index (Phi) is 7.30. The van der Waals surface area contributed by atoms with Crippen LogP contribution in [0.25, 0.3) is 0 Å². The average molecular weight is 486 g/mol. The summed E-state index contributed by atoms with van der Waals surface area (Å²) in [5, 5.41) is 10.8. The van der Waals surface area contributed by atoms with Gasteiger partial charge in [-0.2, -0.15) is 0 Å². The maximum absolute atomic E-state index is 14.6. The Morgan fingerprint density at radius 2 is 1.85 bits per heavy atom. The molecule has 0 spiro atoms. The summed E-state index contributed by atoms with van der Waals surface area (Å²) in [4.78, 5) is 29.1. The van der Waals surface area contributed by atoms with Crippen molar-refractivity contribution in [1.29, 1.82) is 0 Å². The van der Waals surface area contributed by atoms with Gasteiger partial charge in [-0.05, 0) is 47.4 Å². The minimum absolute atomic E-state index is 0.0214. The summed E-state index contributed by atoms with van der Waals surface area (Å²) in [5.41, 5.74) is 2.23. The number of hydrogen-bond donors (Lipinski definition) is 1. The zero-order valence-electron chi connectivity index (χ0n) is 17.9. The fourth-order valence-electron chi connectivity index (χ4n) is 3.87. The highest BCUT2D eigenvalue weighted by Gasteiger charge is 2.35. The molecule has 1 aliphatic rings. The van der Waals surface area contributed by atoms with E-state index in [1.807, 2.05) is 30.3 Å². The van der Waals surface area contributed by atoms with E-state index in [1.165, 1.54) is 17.2 Å². The fraction of sp³-hybridized carbons (Fsp3) is 0.200. The molecule has 0 aromatic heterocycles. The van der Waals surface area contributed by atoms with E-state index in [0.29, 0.717) is 21.7 Å². The largest absolute Gasteiger partial charge is 0.528 e. The summed E-state index contributed by atoms with van der Waals surface area (Å²) < 4.78 is 25.3. The smallest absolute Gasteiger partial charge is 0.482 e. The summed E-state index contributed by atoms with van der Waals surface area (Å²) in [6.45, 7) is -0.394. The molecule has 9 heteroatoms. The van der Waals surface area contributed by atoms with Gasteiger partial charge in [0, 0.05) is 17.1 Å². The van der Waals surface area contributed by atoms with E-state index in [9.17, 15) is 14.0 Å². The second-order valence-corrected chi connectivity index (χ2v) is 8.02. The van der Waals surface area contributed by atoms with Crippen molar-refractivity contribution in [3.63, 3.8) is 0 Å². The van der Waals surface area contributed by atoms with E-state index in [-0.39, 0.29) is 31.1 Å². The average Bonchev–Trinajstić information content (AvgIpc) is 2.82. The molecule has 0 radical (unpaired) electrons. The van der Waals surface area contributed by atoms with E-state index in [0.717, 1.165) is 5.56 Å².